The van der Waals surface area contributed by atoms with E-state index >= 15 is 0 Å². The first-order valence-corrected chi connectivity index (χ1v) is 6.08. The number of nitrogens with zero attached hydrogens (tertiary/aromatic N) is 2. The van der Waals surface area contributed by atoms with Crippen LogP contribution in [0.4, 0.5) is 15.6 Å². The Bertz CT molecular complexity index is 532. The summed E-state index contributed by atoms with van der Waals surface area (Å²) in [6.07, 6.45) is 0. The smallest absolute Gasteiger partial charge is 0.306 e. The van der Waals surface area contributed by atoms with Gasteiger partial charge in [0.2, 0.25) is 5.13 Å². The molecular formula is C9H6Cl2N4OS. The van der Waals surface area contributed by atoms with Gasteiger partial charge in [-0.15, -0.1) is 10.2 Å². The van der Waals surface area contributed by atoms with Gasteiger partial charge in [0.15, 0.2) is 0 Å². The summed E-state index contributed by atoms with van der Waals surface area (Å²) < 4.78 is 0. The molecule has 0 aliphatic rings. The van der Waals surface area contributed by atoms with E-state index in [0.29, 0.717) is 20.9 Å². The average molecular weight is 289 g/mol. The Hall–Kier alpha value is -1.37. The SMILES string of the molecule is O=C(Nc1nncs1)Nc1cccc(Cl)c1Cl. The van der Waals surface area contributed by atoms with Crippen LogP contribution < -0.4 is 10.6 Å². The fourth-order valence-corrected chi connectivity index (χ4v) is 1.87. The zero-order valence-corrected chi connectivity index (χ0v) is 10.6. The maximum absolute atomic E-state index is 11.6. The van der Waals surface area contributed by atoms with Crippen molar-refractivity contribution in [1.82, 2.24) is 10.2 Å². The van der Waals surface area contributed by atoms with Crippen molar-refractivity contribution < 1.29 is 4.79 Å². The quantitative estimate of drug-likeness (QED) is 0.889. The molecule has 2 rings (SSSR count). The van der Waals surface area contributed by atoms with Gasteiger partial charge in [0.1, 0.15) is 5.51 Å². The van der Waals surface area contributed by atoms with Gasteiger partial charge in [-0.25, -0.2) is 4.79 Å². The first-order chi connectivity index (χ1) is 8.16. The van der Waals surface area contributed by atoms with E-state index in [4.69, 9.17) is 23.2 Å². The molecule has 0 bridgehead atoms. The number of benzene rings is 1. The molecule has 0 aliphatic heterocycles. The number of carbonyl (C=O) groups excluding carboxylic acids is 1. The average Bonchev–Trinajstić information content (AvgIpc) is 2.77. The third-order valence-electron chi connectivity index (χ3n) is 1.78. The molecule has 0 spiro atoms. The third-order valence-corrected chi connectivity index (χ3v) is 3.21. The first-order valence-electron chi connectivity index (χ1n) is 4.45. The lowest BCUT2D eigenvalue weighted by atomic mass is 10.3. The van der Waals surface area contributed by atoms with Crippen molar-refractivity contribution in [2.75, 3.05) is 10.6 Å². The van der Waals surface area contributed by atoms with E-state index in [0.717, 1.165) is 0 Å². The molecule has 1 aromatic heterocycles. The summed E-state index contributed by atoms with van der Waals surface area (Å²) >= 11 is 13.0. The van der Waals surface area contributed by atoms with Crippen LogP contribution in [0.5, 0.6) is 0 Å². The fraction of sp³-hybridized carbons (Fsp3) is 0. The minimum Gasteiger partial charge on any atom is -0.306 e. The summed E-state index contributed by atoms with van der Waals surface area (Å²) in [5, 5.41) is 13.4. The Morgan fingerprint density at radius 3 is 2.82 bits per heavy atom. The van der Waals surface area contributed by atoms with Crippen LogP contribution in [-0.2, 0) is 0 Å². The monoisotopic (exact) mass is 288 g/mol. The molecule has 17 heavy (non-hydrogen) atoms. The lowest BCUT2D eigenvalue weighted by molar-refractivity contribution is 0.262. The second-order valence-corrected chi connectivity index (χ2v) is 4.54. The molecule has 2 amide bonds. The second kappa shape index (κ2) is 5.31. The highest BCUT2D eigenvalue weighted by molar-refractivity contribution is 7.13. The summed E-state index contributed by atoms with van der Waals surface area (Å²) in [7, 11) is 0. The van der Waals surface area contributed by atoms with E-state index in [2.05, 4.69) is 20.8 Å². The van der Waals surface area contributed by atoms with Gasteiger partial charge in [0.25, 0.3) is 0 Å². The Kier molecular flexibility index (Phi) is 3.78. The van der Waals surface area contributed by atoms with Crippen molar-refractivity contribution in [3.63, 3.8) is 0 Å². The van der Waals surface area contributed by atoms with E-state index in [1.165, 1.54) is 16.8 Å². The molecule has 88 valence electrons. The number of hydrogen-bond acceptors (Lipinski definition) is 4. The van der Waals surface area contributed by atoms with E-state index in [9.17, 15) is 4.79 Å². The molecule has 1 aromatic carbocycles. The van der Waals surface area contributed by atoms with Crippen LogP contribution in [-0.4, -0.2) is 16.2 Å². The normalized spacial score (nSPS) is 10.0. The van der Waals surface area contributed by atoms with Crippen LogP contribution in [0.3, 0.4) is 0 Å². The van der Waals surface area contributed by atoms with Crippen molar-refractivity contribution >= 4 is 51.4 Å². The van der Waals surface area contributed by atoms with E-state index < -0.39 is 6.03 Å². The van der Waals surface area contributed by atoms with E-state index in [-0.39, 0.29) is 0 Å². The topological polar surface area (TPSA) is 66.9 Å². The number of carbonyl (C=O) groups is 1. The van der Waals surface area contributed by atoms with Gasteiger partial charge in [0, 0.05) is 0 Å². The molecule has 1 heterocycles. The lowest BCUT2D eigenvalue weighted by Gasteiger charge is -2.07. The van der Waals surface area contributed by atoms with Gasteiger partial charge in [-0.1, -0.05) is 40.6 Å². The van der Waals surface area contributed by atoms with Crippen molar-refractivity contribution in [1.29, 1.82) is 0 Å². The minimum atomic E-state index is -0.453. The van der Waals surface area contributed by atoms with Crippen molar-refractivity contribution in [2.24, 2.45) is 0 Å². The highest BCUT2D eigenvalue weighted by atomic mass is 35.5. The van der Waals surface area contributed by atoms with Gasteiger partial charge >= 0.3 is 6.03 Å². The largest absolute Gasteiger partial charge is 0.325 e. The predicted octanol–water partition coefficient (Wildman–Crippen LogP) is 3.49. The summed E-state index contributed by atoms with van der Waals surface area (Å²) in [5.74, 6) is 0. The summed E-state index contributed by atoms with van der Waals surface area (Å²) in [5.41, 5.74) is 1.95. The van der Waals surface area contributed by atoms with E-state index in [1.807, 2.05) is 0 Å². The third kappa shape index (κ3) is 3.06. The molecule has 0 radical (unpaired) electrons. The van der Waals surface area contributed by atoms with Crippen molar-refractivity contribution in [2.45, 2.75) is 0 Å². The summed E-state index contributed by atoms with van der Waals surface area (Å²) in [6.45, 7) is 0. The van der Waals surface area contributed by atoms with Gasteiger partial charge in [-0.3, -0.25) is 5.32 Å². The summed E-state index contributed by atoms with van der Waals surface area (Å²) in [6, 6.07) is 4.52. The van der Waals surface area contributed by atoms with Crippen molar-refractivity contribution in [3.05, 3.63) is 33.8 Å². The maximum Gasteiger partial charge on any atom is 0.325 e. The van der Waals surface area contributed by atoms with Crippen LogP contribution in [0, 0.1) is 0 Å². The molecule has 0 atom stereocenters. The molecule has 8 heteroatoms. The summed E-state index contributed by atoms with van der Waals surface area (Å²) in [4.78, 5) is 11.6. The zero-order valence-electron chi connectivity index (χ0n) is 8.28. The minimum absolute atomic E-state index is 0.293. The molecule has 2 N–H and O–H groups in total. The number of urea groups is 1. The number of hydrogen-bond donors (Lipinski definition) is 2. The molecule has 0 saturated heterocycles. The second-order valence-electron chi connectivity index (χ2n) is 2.92. The standard InChI is InChI=1S/C9H6Cl2N4OS/c10-5-2-1-3-6(7(5)11)13-8(16)14-9-15-12-4-17-9/h1-4H,(H2,13,14,15,16). The van der Waals surface area contributed by atoms with E-state index in [1.54, 1.807) is 18.2 Å². The fourth-order valence-electron chi connectivity index (χ4n) is 1.08. The molecule has 5 nitrogen and oxygen atoms in total. The van der Waals surface area contributed by atoms with Gasteiger partial charge in [0.05, 0.1) is 15.7 Å². The molecule has 0 unspecified atom stereocenters. The molecule has 0 saturated carbocycles. The van der Waals surface area contributed by atoms with Crippen LogP contribution in [0.2, 0.25) is 10.0 Å². The van der Waals surface area contributed by atoms with Crippen LogP contribution in [0.1, 0.15) is 0 Å². The van der Waals surface area contributed by atoms with Crippen LogP contribution >= 0.6 is 34.5 Å². The number of anilines is 2. The Balaban J connectivity index is 2.06. The number of aromatic nitrogens is 2. The lowest BCUT2D eigenvalue weighted by Crippen LogP contribution is -2.19. The van der Waals surface area contributed by atoms with Gasteiger partial charge in [-0.05, 0) is 12.1 Å². The maximum atomic E-state index is 11.6. The first kappa shape index (κ1) is 12.1. The van der Waals surface area contributed by atoms with Crippen LogP contribution in [0.25, 0.3) is 0 Å². The Morgan fingerprint density at radius 2 is 2.12 bits per heavy atom. The number of rotatable bonds is 2. The highest BCUT2D eigenvalue weighted by Crippen LogP contribution is 2.29. The molecule has 2 aromatic rings. The Morgan fingerprint density at radius 1 is 1.29 bits per heavy atom. The molecule has 0 aliphatic carbocycles. The van der Waals surface area contributed by atoms with Gasteiger partial charge < -0.3 is 5.32 Å². The molecular weight excluding hydrogens is 283 g/mol. The number of halogens is 2. The van der Waals surface area contributed by atoms with Crippen molar-refractivity contribution in [3.8, 4) is 0 Å². The van der Waals surface area contributed by atoms with Crippen LogP contribution in [0.15, 0.2) is 23.7 Å². The highest BCUT2D eigenvalue weighted by Gasteiger charge is 2.09. The predicted molar refractivity (Wildman–Crippen MR) is 69.0 cm³/mol. The molecule has 0 fully saturated rings. The van der Waals surface area contributed by atoms with Gasteiger partial charge in [-0.2, -0.15) is 0 Å². The number of amides is 2. The number of nitrogens with one attached hydrogen (secondary N) is 2. The zero-order chi connectivity index (χ0) is 12.3. The Labute approximate surface area is 111 Å².